The minimum atomic E-state index is 0.0945. The topological polar surface area (TPSA) is 37.3 Å². The highest BCUT2D eigenvalue weighted by molar-refractivity contribution is 5.99. The van der Waals surface area contributed by atoms with Crippen LogP contribution in [-0.2, 0) is 4.79 Å². The van der Waals surface area contributed by atoms with E-state index in [1.54, 1.807) is 12.4 Å². The van der Waals surface area contributed by atoms with E-state index in [-0.39, 0.29) is 5.75 Å². The number of hydrogen-bond donors (Lipinski definition) is 1. The van der Waals surface area contributed by atoms with Crippen LogP contribution in [0.25, 0.3) is 10.8 Å². The first kappa shape index (κ1) is 7.80. The van der Waals surface area contributed by atoms with E-state index >= 15 is 0 Å². The second-order valence-electron chi connectivity index (χ2n) is 2.82. The van der Waals surface area contributed by atoms with Gasteiger partial charge in [0.1, 0.15) is 5.75 Å². The van der Waals surface area contributed by atoms with E-state index in [1.165, 1.54) is 6.07 Å². The van der Waals surface area contributed by atoms with Crippen molar-refractivity contribution in [3.8, 4) is 5.75 Å². The summed E-state index contributed by atoms with van der Waals surface area (Å²) in [6.07, 6.45) is 1.80. The molecule has 0 aliphatic rings. The fourth-order valence-corrected chi connectivity index (χ4v) is 1.38. The van der Waals surface area contributed by atoms with Crippen molar-refractivity contribution in [1.29, 1.82) is 0 Å². The molecule has 0 spiro atoms. The van der Waals surface area contributed by atoms with Gasteiger partial charge in [-0.25, -0.2) is 0 Å². The van der Waals surface area contributed by atoms with Crippen LogP contribution < -0.4 is 0 Å². The van der Waals surface area contributed by atoms with Gasteiger partial charge in [-0.05, 0) is 22.9 Å². The Balaban J connectivity index is 2.89. The van der Waals surface area contributed by atoms with Gasteiger partial charge in [0.15, 0.2) is 0 Å². The first-order valence-corrected chi connectivity index (χ1v) is 3.91. The molecule has 2 nitrogen and oxygen atoms in total. The Hall–Kier alpha value is -1.83. The summed E-state index contributed by atoms with van der Waals surface area (Å²) in [5.41, 5.74) is 0.399. The van der Waals surface area contributed by atoms with Gasteiger partial charge >= 0.3 is 0 Å². The van der Waals surface area contributed by atoms with Gasteiger partial charge < -0.3 is 5.11 Å². The van der Waals surface area contributed by atoms with Gasteiger partial charge in [-0.1, -0.05) is 24.3 Å². The molecule has 0 aliphatic heterocycles. The van der Waals surface area contributed by atoms with Crippen molar-refractivity contribution in [2.75, 3.05) is 0 Å². The van der Waals surface area contributed by atoms with Crippen molar-refractivity contribution in [3.63, 3.8) is 0 Å². The number of phenols is 1. The molecule has 0 aliphatic carbocycles. The Bertz CT molecular complexity index is 461. The standard InChI is InChI=1S/C11H7O2/c12-7-9-6-10(13)5-8-3-1-2-4-11(8)9/h1-6,13H. The monoisotopic (exact) mass is 171 g/mol. The van der Waals surface area contributed by atoms with E-state index in [0.717, 1.165) is 10.8 Å². The molecule has 0 aromatic heterocycles. The van der Waals surface area contributed by atoms with Crippen LogP contribution in [0, 0.1) is 0 Å². The Labute approximate surface area is 75.4 Å². The van der Waals surface area contributed by atoms with Crippen LogP contribution in [0.15, 0.2) is 36.4 Å². The van der Waals surface area contributed by atoms with E-state index in [0.29, 0.717) is 5.56 Å². The number of fused-ring (bicyclic) bond motifs is 1. The van der Waals surface area contributed by atoms with E-state index in [9.17, 15) is 9.90 Å². The normalized spacial score (nSPS) is 10.2. The van der Waals surface area contributed by atoms with E-state index in [4.69, 9.17) is 0 Å². The van der Waals surface area contributed by atoms with Gasteiger partial charge in [0.05, 0.1) is 0 Å². The van der Waals surface area contributed by atoms with Crippen LogP contribution in [-0.4, -0.2) is 11.4 Å². The lowest BCUT2D eigenvalue weighted by atomic mass is 10.1. The third-order valence-electron chi connectivity index (χ3n) is 1.96. The molecular formula is C11H7O2. The van der Waals surface area contributed by atoms with Crippen molar-refractivity contribution < 1.29 is 9.90 Å². The van der Waals surface area contributed by atoms with Crippen LogP contribution in [0.4, 0.5) is 0 Å². The SMILES string of the molecule is O=[C]c1cc(O)cc2ccccc12. The third kappa shape index (κ3) is 1.26. The smallest absolute Gasteiger partial charge is 0.234 e. The Kier molecular flexibility index (Phi) is 1.74. The molecule has 1 N–H and O–H groups in total. The summed E-state index contributed by atoms with van der Waals surface area (Å²) in [6, 6.07) is 10.4. The molecule has 0 amide bonds. The Morgan fingerprint density at radius 1 is 1.15 bits per heavy atom. The van der Waals surface area contributed by atoms with E-state index in [1.807, 2.05) is 24.3 Å². The van der Waals surface area contributed by atoms with Gasteiger partial charge in [-0.3, -0.25) is 4.79 Å². The van der Waals surface area contributed by atoms with Crippen LogP contribution in [0.5, 0.6) is 5.75 Å². The lowest BCUT2D eigenvalue weighted by Gasteiger charge is -2.00. The average Bonchev–Trinajstić information content (AvgIpc) is 2.16. The summed E-state index contributed by atoms with van der Waals surface area (Å²) >= 11 is 0. The minimum absolute atomic E-state index is 0.0945. The summed E-state index contributed by atoms with van der Waals surface area (Å²) in [5, 5.41) is 10.9. The lowest BCUT2D eigenvalue weighted by Crippen LogP contribution is -1.83. The molecule has 0 saturated heterocycles. The fraction of sp³-hybridized carbons (Fsp3) is 0. The van der Waals surface area contributed by atoms with Crippen LogP contribution in [0.2, 0.25) is 0 Å². The lowest BCUT2D eigenvalue weighted by molar-refractivity contribution is 0.476. The van der Waals surface area contributed by atoms with Gasteiger partial charge in [0, 0.05) is 5.56 Å². The summed E-state index contributed by atoms with van der Waals surface area (Å²) in [7, 11) is 0. The molecule has 0 atom stereocenters. The second-order valence-corrected chi connectivity index (χ2v) is 2.82. The number of phenolic OH excluding ortho intramolecular Hbond substituents is 1. The van der Waals surface area contributed by atoms with Gasteiger partial charge in [0.25, 0.3) is 0 Å². The van der Waals surface area contributed by atoms with Gasteiger partial charge in [-0.2, -0.15) is 0 Å². The van der Waals surface area contributed by atoms with Crippen LogP contribution in [0.3, 0.4) is 0 Å². The van der Waals surface area contributed by atoms with Crippen LogP contribution >= 0.6 is 0 Å². The Morgan fingerprint density at radius 2 is 1.92 bits per heavy atom. The summed E-state index contributed by atoms with van der Waals surface area (Å²) in [4.78, 5) is 10.5. The number of hydrogen-bond acceptors (Lipinski definition) is 2. The van der Waals surface area contributed by atoms with Crippen LogP contribution in [0.1, 0.15) is 5.56 Å². The zero-order valence-electron chi connectivity index (χ0n) is 6.82. The van der Waals surface area contributed by atoms with Crippen molar-refractivity contribution in [2.24, 2.45) is 0 Å². The number of rotatable bonds is 1. The molecule has 0 heterocycles. The maximum absolute atomic E-state index is 10.5. The number of benzene rings is 2. The fourth-order valence-electron chi connectivity index (χ4n) is 1.38. The zero-order valence-corrected chi connectivity index (χ0v) is 6.82. The predicted octanol–water partition coefficient (Wildman–Crippen LogP) is 2.00. The predicted molar refractivity (Wildman–Crippen MR) is 50.4 cm³/mol. The molecule has 63 valence electrons. The molecule has 13 heavy (non-hydrogen) atoms. The van der Waals surface area contributed by atoms with Crippen molar-refractivity contribution in [3.05, 3.63) is 42.0 Å². The molecule has 0 fully saturated rings. The Morgan fingerprint density at radius 3 is 2.69 bits per heavy atom. The average molecular weight is 171 g/mol. The maximum atomic E-state index is 10.5. The minimum Gasteiger partial charge on any atom is -0.508 e. The van der Waals surface area contributed by atoms with Gasteiger partial charge in [0.2, 0.25) is 6.29 Å². The molecule has 0 bridgehead atoms. The molecule has 1 radical (unpaired) electrons. The zero-order chi connectivity index (χ0) is 9.26. The highest BCUT2D eigenvalue weighted by Gasteiger charge is 2.01. The van der Waals surface area contributed by atoms with Crippen molar-refractivity contribution in [1.82, 2.24) is 0 Å². The largest absolute Gasteiger partial charge is 0.508 e. The van der Waals surface area contributed by atoms with Crippen molar-refractivity contribution in [2.45, 2.75) is 0 Å². The number of aromatic hydroxyl groups is 1. The molecule has 0 unspecified atom stereocenters. The maximum Gasteiger partial charge on any atom is 0.234 e. The quantitative estimate of drug-likeness (QED) is 0.712. The highest BCUT2D eigenvalue weighted by atomic mass is 16.3. The van der Waals surface area contributed by atoms with E-state index in [2.05, 4.69) is 0 Å². The van der Waals surface area contributed by atoms with E-state index < -0.39 is 0 Å². The molecular weight excluding hydrogens is 164 g/mol. The first-order valence-electron chi connectivity index (χ1n) is 3.91. The number of carbonyl (C=O) groups excluding carboxylic acids is 1. The molecule has 2 aromatic rings. The molecule has 2 rings (SSSR count). The first-order chi connectivity index (χ1) is 6.31. The van der Waals surface area contributed by atoms with Gasteiger partial charge in [-0.15, -0.1) is 0 Å². The molecule has 2 aromatic carbocycles. The third-order valence-corrected chi connectivity index (χ3v) is 1.96. The molecule has 0 saturated carbocycles. The molecule has 2 heteroatoms. The summed E-state index contributed by atoms with van der Waals surface area (Å²) in [6.45, 7) is 0. The summed E-state index contributed by atoms with van der Waals surface area (Å²) < 4.78 is 0. The van der Waals surface area contributed by atoms with Crippen molar-refractivity contribution >= 4 is 17.1 Å². The highest BCUT2D eigenvalue weighted by Crippen LogP contribution is 2.22. The second kappa shape index (κ2) is 2.90. The summed E-state index contributed by atoms with van der Waals surface area (Å²) in [5.74, 6) is 0.0945.